The van der Waals surface area contributed by atoms with Crippen molar-refractivity contribution in [3.63, 3.8) is 0 Å². The fraction of sp³-hybridized carbons (Fsp3) is 0.0556. The van der Waals surface area contributed by atoms with Gasteiger partial charge in [0.2, 0.25) is 0 Å². The number of fused-ring (bicyclic) bond motifs is 9. The van der Waals surface area contributed by atoms with Crippen LogP contribution < -0.4 is 0 Å². The molecule has 0 atom stereocenters. The molecule has 0 N–H and O–H groups in total. The minimum atomic E-state index is -0.117. The zero-order chi connectivity index (χ0) is 39.2. The SMILES string of the molecule is CC1(C)c2ccccc2-c2cc3c4ccccc4n(-c4ccccc4-c4ccc5oc6cccc(-c7nc(-c8ccccc8)nc(-c8ccccc8)n7)c6c5c4)c3cc21. The maximum absolute atomic E-state index is 6.57. The lowest BCUT2D eigenvalue weighted by Crippen LogP contribution is -2.15. The van der Waals surface area contributed by atoms with Crippen LogP contribution in [0.4, 0.5) is 0 Å². The van der Waals surface area contributed by atoms with E-state index >= 15 is 0 Å². The molecule has 5 heteroatoms. The van der Waals surface area contributed by atoms with Gasteiger partial charge in [-0.25, -0.2) is 15.0 Å². The molecule has 3 heterocycles. The lowest BCUT2D eigenvalue weighted by molar-refractivity contribution is 0.661. The molecule has 0 bridgehead atoms. The van der Waals surface area contributed by atoms with Crippen LogP contribution in [0, 0.1) is 0 Å². The quantitative estimate of drug-likeness (QED) is 0.175. The van der Waals surface area contributed by atoms with Crippen LogP contribution in [0.1, 0.15) is 25.0 Å². The molecule has 5 nitrogen and oxygen atoms in total. The van der Waals surface area contributed by atoms with Crippen LogP contribution >= 0.6 is 0 Å². The lowest BCUT2D eigenvalue weighted by atomic mass is 9.82. The summed E-state index contributed by atoms with van der Waals surface area (Å²) in [6, 6.07) is 64.2. The number of furan rings is 1. The van der Waals surface area contributed by atoms with Gasteiger partial charge in [0.1, 0.15) is 11.2 Å². The highest BCUT2D eigenvalue weighted by atomic mass is 16.3. The summed E-state index contributed by atoms with van der Waals surface area (Å²) in [5.74, 6) is 1.84. The second-order valence-electron chi connectivity index (χ2n) is 16.0. The number of aromatic nitrogens is 4. The van der Waals surface area contributed by atoms with Crippen LogP contribution in [-0.4, -0.2) is 19.5 Å². The molecule has 12 rings (SSSR count). The summed E-state index contributed by atoms with van der Waals surface area (Å²) in [7, 11) is 0. The zero-order valence-electron chi connectivity index (χ0n) is 32.5. The standard InChI is InChI=1S/C54H36N4O/c1-54(2)43-24-12-9-21-37(43)40-31-41-38-22-11-14-26-46(38)58(47(41)32-44(40)54)45-25-13-10-20-36(45)35-28-29-48-42(30-35)50-39(23-15-27-49(50)59-48)53-56-51(33-16-5-3-6-17-33)55-52(57-53)34-18-7-4-8-19-34/h3-32H,1-2H3. The molecule has 1 aliphatic rings. The molecule has 0 amide bonds. The molecule has 1 aliphatic carbocycles. The number of para-hydroxylation sites is 2. The maximum atomic E-state index is 6.57. The van der Waals surface area contributed by atoms with Crippen LogP contribution in [0.15, 0.2) is 186 Å². The summed E-state index contributed by atoms with van der Waals surface area (Å²) >= 11 is 0. The molecule has 0 saturated carbocycles. The Balaban J connectivity index is 1.07. The topological polar surface area (TPSA) is 56.7 Å². The summed E-state index contributed by atoms with van der Waals surface area (Å²) in [4.78, 5) is 15.2. The monoisotopic (exact) mass is 756 g/mol. The minimum Gasteiger partial charge on any atom is -0.456 e. The number of benzene rings is 8. The Bertz CT molecular complexity index is 3410. The van der Waals surface area contributed by atoms with Gasteiger partial charge in [0.05, 0.1) is 16.7 Å². The Morgan fingerprint density at radius 3 is 1.83 bits per heavy atom. The Hall–Kier alpha value is -7.63. The van der Waals surface area contributed by atoms with Gasteiger partial charge >= 0.3 is 0 Å². The Morgan fingerprint density at radius 2 is 1.05 bits per heavy atom. The zero-order valence-corrected chi connectivity index (χ0v) is 32.5. The van der Waals surface area contributed by atoms with Gasteiger partial charge in [0.15, 0.2) is 17.5 Å². The van der Waals surface area contributed by atoms with E-state index in [1.54, 1.807) is 0 Å². The van der Waals surface area contributed by atoms with E-state index in [0.29, 0.717) is 17.5 Å². The minimum absolute atomic E-state index is 0.117. The number of hydrogen-bond acceptors (Lipinski definition) is 4. The highest BCUT2D eigenvalue weighted by molar-refractivity contribution is 6.14. The summed E-state index contributed by atoms with van der Waals surface area (Å²) in [6.07, 6.45) is 0. The van der Waals surface area contributed by atoms with Gasteiger partial charge < -0.3 is 8.98 Å². The first-order chi connectivity index (χ1) is 29.0. The average Bonchev–Trinajstić information content (AvgIpc) is 3.91. The molecule has 8 aromatic carbocycles. The van der Waals surface area contributed by atoms with Crippen molar-refractivity contribution in [3.8, 4) is 62.1 Å². The number of rotatable bonds is 5. The summed E-state index contributed by atoms with van der Waals surface area (Å²) in [5.41, 5.74) is 15.3. The average molecular weight is 757 g/mol. The van der Waals surface area contributed by atoms with Gasteiger partial charge in [-0.05, 0) is 70.3 Å². The Labute approximate surface area is 340 Å². The summed E-state index contributed by atoms with van der Waals surface area (Å²) < 4.78 is 9.03. The van der Waals surface area contributed by atoms with E-state index in [-0.39, 0.29) is 5.41 Å². The normalized spacial score (nSPS) is 13.1. The fourth-order valence-corrected chi connectivity index (χ4v) is 9.45. The van der Waals surface area contributed by atoms with Gasteiger partial charge in [-0.2, -0.15) is 0 Å². The van der Waals surface area contributed by atoms with Crippen LogP contribution in [0.2, 0.25) is 0 Å². The van der Waals surface area contributed by atoms with Gasteiger partial charge in [0.25, 0.3) is 0 Å². The molecular formula is C54H36N4O. The molecule has 0 spiro atoms. The number of nitrogens with zero attached hydrogens (tertiary/aromatic N) is 4. The molecule has 0 aliphatic heterocycles. The van der Waals surface area contributed by atoms with Crippen molar-refractivity contribution in [2.24, 2.45) is 0 Å². The van der Waals surface area contributed by atoms with Gasteiger partial charge in [-0.3, -0.25) is 0 Å². The van der Waals surface area contributed by atoms with Crippen molar-refractivity contribution in [2.45, 2.75) is 19.3 Å². The predicted octanol–water partition coefficient (Wildman–Crippen LogP) is 13.8. The van der Waals surface area contributed by atoms with E-state index in [4.69, 9.17) is 19.4 Å². The molecule has 59 heavy (non-hydrogen) atoms. The molecule has 3 aromatic heterocycles. The highest BCUT2D eigenvalue weighted by Gasteiger charge is 2.36. The van der Waals surface area contributed by atoms with Gasteiger partial charge in [-0.15, -0.1) is 0 Å². The van der Waals surface area contributed by atoms with Crippen LogP contribution in [-0.2, 0) is 5.41 Å². The largest absolute Gasteiger partial charge is 0.456 e. The van der Waals surface area contributed by atoms with Crippen molar-refractivity contribution in [3.05, 3.63) is 193 Å². The van der Waals surface area contributed by atoms with Crippen LogP contribution in [0.25, 0.3) is 106 Å². The van der Waals surface area contributed by atoms with Crippen molar-refractivity contribution in [1.82, 2.24) is 19.5 Å². The van der Waals surface area contributed by atoms with Crippen LogP contribution in [0.3, 0.4) is 0 Å². The predicted molar refractivity (Wildman–Crippen MR) is 241 cm³/mol. The van der Waals surface area contributed by atoms with E-state index in [0.717, 1.165) is 55.4 Å². The lowest BCUT2D eigenvalue weighted by Gasteiger charge is -2.22. The fourth-order valence-electron chi connectivity index (χ4n) is 9.45. The first-order valence-electron chi connectivity index (χ1n) is 20.1. The molecule has 278 valence electrons. The molecule has 0 saturated heterocycles. The Kier molecular flexibility index (Phi) is 7.20. The Morgan fingerprint density at radius 1 is 0.407 bits per heavy atom. The first-order valence-corrected chi connectivity index (χ1v) is 20.1. The third-order valence-corrected chi connectivity index (χ3v) is 12.3. The summed E-state index contributed by atoms with van der Waals surface area (Å²) in [5, 5.41) is 4.47. The molecular weight excluding hydrogens is 721 g/mol. The third-order valence-electron chi connectivity index (χ3n) is 12.3. The van der Waals surface area contributed by atoms with Crippen molar-refractivity contribution in [2.75, 3.05) is 0 Å². The smallest absolute Gasteiger partial charge is 0.164 e. The van der Waals surface area contributed by atoms with Crippen molar-refractivity contribution in [1.29, 1.82) is 0 Å². The van der Waals surface area contributed by atoms with Gasteiger partial charge in [0, 0.05) is 49.2 Å². The van der Waals surface area contributed by atoms with E-state index in [1.807, 2.05) is 72.8 Å². The third kappa shape index (κ3) is 5.08. The molecule has 0 fully saturated rings. The first kappa shape index (κ1) is 33.5. The maximum Gasteiger partial charge on any atom is 0.164 e. The van der Waals surface area contributed by atoms with Crippen molar-refractivity contribution < 1.29 is 4.42 Å². The molecule has 0 unspecified atom stereocenters. The summed E-state index contributed by atoms with van der Waals surface area (Å²) in [6.45, 7) is 4.70. The molecule has 11 aromatic rings. The number of hydrogen-bond donors (Lipinski definition) is 0. The van der Waals surface area contributed by atoms with E-state index < -0.39 is 0 Å². The van der Waals surface area contributed by atoms with Gasteiger partial charge in [-0.1, -0.05) is 153 Å². The highest BCUT2D eigenvalue weighted by Crippen LogP contribution is 2.51. The van der Waals surface area contributed by atoms with E-state index in [2.05, 4.69) is 128 Å². The van der Waals surface area contributed by atoms with E-state index in [1.165, 1.54) is 44.1 Å². The molecule has 0 radical (unpaired) electrons. The van der Waals surface area contributed by atoms with Crippen molar-refractivity contribution >= 4 is 43.7 Å². The van der Waals surface area contributed by atoms with Crippen LogP contribution in [0.5, 0.6) is 0 Å². The second-order valence-corrected chi connectivity index (χ2v) is 16.0. The van der Waals surface area contributed by atoms with E-state index in [9.17, 15) is 0 Å². The second kappa shape index (κ2) is 12.7.